The second kappa shape index (κ2) is 5.66. The number of allylic oxidation sites excluding steroid dienone is 6. The van der Waals surface area contributed by atoms with Gasteiger partial charge in [0.05, 0.1) is 0 Å². The zero-order chi connectivity index (χ0) is 14.6. The highest BCUT2D eigenvalue weighted by atomic mass is 16.2. The molecule has 1 aliphatic rings. The normalized spacial score (nSPS) is 16.6. The van der Waals surface area contributed by atoms with Crippen LogP contribution in [0.5, 0.6) is 0 Å². The van der Waals surface area contributed by atoms with Gasteiger partial charge in [0.25, 0.3) is 0 Å². The maximum Gasteiger partial charge on any atom is 0.176 e. The van der Waals surface area contributed by atoms with Crippen LogP contribution >= 0.6 is 0 Å². The Morgan fingerprint density at radius 3 is 1.90 bits per heavy atom. The molecule has 1 aromatic carbocycles. The summed E-state index contributed by atoms with van der Waals surface area (Å²) in [5.41, 5.74) is -0.153. The summed E-state index contributed by atoms with van der Waals surface area (Å²) in [5.74, 6) is -0.595. The Morgan fingerprint density at radius 1 is 0.950 bits per heavy atom. The molecule has 0 bridgehead atoms. The molecule has 2 heteroatoms. The highest BCUT2D eigenvalue weighted by Gasteiger charge is 2.39. The molecule has 2 rings (SSSR count). The highest BCUT2D eigenvalue weighted by molar-refractivity contribution is 6.18. The lowest BCUT2D eigenvalue weighted by Crippen LogP contribution is -2.35. The van der Waals surface area contributed by atoms with Crippen molar-refractivity contribution in [2.24, 2.45) is 5.41 Å². The van der Waals surface area contributed by atoms with Crippen molar-refractivity contribution in [1.29, 1.82) is 0 Å². The molecule has 1 aliphatic carbocycles. The number of carbonyl (C=O) groups is 2. The van der Waals surface area contributed by atoms with Gasteiger partial charge in [-0.05, 0) is 17.7 Å². The van der Waals surface area contributed by atoms with Gasteiger partial charge in [-0.3, -0.25) is 9.59 Å². The smallest absolute Gasteiger partial charge is 0.176 e. The van der Waals surface area contributed by atoms with Crippen molar-refractivity contribution in [3.8, 4) is 0 Å². The van der Waals surface area contributed by atoms with Gasteiger partial charge in [-0.15, -0.1) is 0 Å². The first-order valence-corrected chi connectivity index (χ1v) is 6.41. The molecule has 0 N–H and O–H groups in total. The maximum atomic E-state index is 12.0. The Bertz CT molecular complexity index is 570. The van der Waals surface area contributed by atoms with Gasteiger partial charge < -0.3 is 0 Å². The fourth-order valence-electron chi connectivity index (χ4n) is 2.32. The van der Waals surface area contributed by atoms with Crippen LogP contribution in [0.3, 0.4) is 0 Å². The Hall–Kier alpha value is -2.48. The van der Waals surface area contributed by atoms with E-state index in [0.29, 0.717) is 0 Å². The van der Waals surface area contributed by atoms with Crippen LogP contribution in [0.25, 0.3) is 0 Å². The predicted octanol–water partition coefficient (Wildman–Crippen LogP) is 3.39. The molecule has 0 fully saturated rings. The third-order valence-electron chi connectivity index (χ3n) is 3.50. The second-order valence-electron chi connectivity index (χ2n) is 4.66. The van der Waals surface area contributed by atoms with E-state index in [-0.39, 0.29) is 17.5 Å². The van der Waals surface area contributed by atoms with Crippen molar-refractivity contribution >= 4 is 11.6 Å². The van der Waals surface area contributed by atoms with Crippen molar-refractivity contribution in [1.82, 2.24) is 0 Å². The lowest BCUT2D eigenvalue weighted by atomic mass is 9.74. The van der Waals surface area contributed by atoms with Gasteiger partial charge in [0.15, 0.2) is 11.6 Å². The third kappa shape index (κ3) is 2.32. The highest BCUT2D eigenvalue weighted by Crippen LogP contribution is 2.34. The lowest BCUT2D eigenvalue weighted by molar-refractivity contribution is -0.129. The predicted molar refractivity (Wildman–Crippen MR) is 80.3 cm³/mol. The van der Waals surface area contributed by atoms with Gasteiger partial charge in [0, 0.05) is 5.92 Å². The van der Waals surface area contributed by atoms with Gasteiger partial charge in [-0.1, -0.05) is 67.8 Å². The van der Waals surface area contributed by atoms with E-state index < -0.39 is 5.41 Å². The summed E-state index contributed by atoms with van der Waals surface area (Å²) in [6, 6.07) is 9.89. The maximum absolute atomic E-state index is 12.0. The van der Waals surface area contributed by atoms with E-state index in [1.54, 1.807) is 12.2 Å². The van der Waals surface area contributed by atoms with Gasteiger partial charge in [-0.2, -0.15) is 0 Å². The van der Waals surface area contributed by atoms with Crippen molar-refractivity contribution < 1.29 is 9.59 Å². The lowest BCUT2D eigenvalue weighted by Gasteiger charge is -2.26. The van der Waals surface area contributed by atoms with E-state index in [2.05, 4.69) is 13.2 Å². The van der Waals surface area contributed by atoms with Gasteiger partial charge >= 0.3 is 0 Å². The Labute approximate surface area is 118 Å². The summed E-state index contributed by atoms with van der Waals surface area (Å²) in [4.78, 5) is 24.1. The van der Waals surface area contributed by atoms with Crippen LogP contribution in [0.4, 0.5) is 0 Å². The SMILES string of the molecule is C=CC(=O)C1(C(=O)C=C)C=CC(c2ccccc2)C=C1. The number of hydrogen-bond donors (Lipinski definition) is 0. The molecule has 0 aliphatic heterocycles. The summed E-state index contributed by atoms with van der Waals surface area (Å²) >= 11 is 0. The molecule has 0 spiro atoms. The van der Waals surface area contributed by atoms with E-state index in [1.807, 2.05) is 42.5 Å². The van der Waals surface area contributed by atoms with E-state index >= 15 is 0 Å². The molecular formula is C18H16O2. The van der Waals surface area contributed by atoms with Crippen LogP contribution in [-0.2, 0) is 9.59 Å². The van der Waals surface area contributed by atoms with Gasteiger partial charge in [0.2, 0.25) is 0 Å². The quantitative estimate of drug-likeness (QED) is 0.464. The minimum absolute atomic E-state index is 0.0690. The monoisotopic (exact) mass is 264 g/mol. The van der Waals surface area contributed by atoms with E-state index in [1.165, 1.54) is 12.2 Å². The summed E-state index contributed by atoms with van der Waals surface area (Å²) < 4.78 is 0. The average Bonchev–Trinajstić information content (AvgIpc) is 2.54. The first kappa shape index (κ1) is 13.9. The fraction of sp³-hybridized carbons (Fsp3) is 0.111. The Balaban J connectivity index is 2.36. The molecule has 2 nitrogen and oxygen atoms in total. The number of ketones is 2. The van der Waals surface area contributed by atoms with Crippen LogP contribution in [0, 0.1) is 5.41 Å². The first-order valence-electron chi connectivity index (χ1n) is 6.41. The zero-order valence-corrected chi connectivity index (χ0v) is 11.2. The number of rotatable bonds is 5. The topological polar surface area (TPSA) is 34.1 Å². The summed E-state index contributed by atoms with van der Waals surface area (Å²) in [5, 5.41) is 0. The number of hydrogen-bond acceptors (Lipinski definition) is 2. The largest absolute Gasteiger partial charge is 0.293 e. The molecule has 20 heavy (non-hydrogen) atoms. The Kier molecular flexibility index (Phi) is 3.94. The molecular weight excluding hydrogens is 248 g/mol. The average molecular weight is 264 g/mol. The molecule has 0 amide bonds. The van der Waals surface area contributed by atoms with Crippen LogP contribution in [0.2, 0.25) is 0 Å². The number of benzene rings is 1. The molecule has 0 heterocycles. The van der Waals surface area contributed by atoms with E-state index in [9.17, 15) is 9.59 Å². The van der Waals surface area contributed by atoms with Gasteiger partial charge in [0.1, 0.15) is 5.41 Å². The first-order chi connectivity index (χ1) is 9.64. The molecule has 0 unspecified atom stereocenters. The molecule has 0 radical (unpaired) electrons. The summed E-state index contributed by atoms with van der Waals surface area (Å²) in [6.07, 6.45) is 9.41. The van der Waals surface area contributed by atoms with Crippen LogP contribution in [0.15, 0.2) is 79.9 Å². The minimum Gasteiger partial charge on any atom is -0.293 e. The molecule has 0 saturated heterocycles. The number of carbonyl (C=O) groups excluding carboxylic acids is 2. The molecule has 100 valence electrons. The zero-order valence-electron chi connectivity index (χ0n) is 11.2. The van der Waals surface area contributed by atoms with Crippen molar-refractivity contribution in [2.75, 3.05) is 0 Å². The fourth-order valence-corrected chi connectivity index (χ4v) is 2.32. The standard InChI is InChI=1S/C18H16O2/c1-3-16(19)18(17(20)4-2)12-10-15(11-13-18)14-8-6-5-7-9-14/h3-13,15H,1-2H2. The van der Waals surface area contributed by atoms with Crippen molar-refractivity contribution in [2.45, 2.75) is 5.92 Å². The molecule has 1 aromatic rings. The minimum atomic E-state index is -1.27. The molecule has 0 saturated carbocycles. The van der Waals surface area contributed by atoms with E-state index in [4.69, 9.17) is 0 Å². The summed E-state index contributed by atoms with van der Waals surface area (Å²) in [7, 11) is 0. The van der Waals surface area contributed by atoms with Gasteiger partial charge in [-0.25, -0.2) is 0 Å². The summed E-state index contributed by atoms with van der Waals surface area (Å²) in [6.45, 7) is 6.94. The Morgan fingerprint density at radius 2 is 1.45 bits per heavy atom. The van der Waals surface area contributed by atoms with Crippen molar-refractivity contribution in [3.05, 3.63) is 85.5 Å². The molecule has 0 atom stereocenters. The van der Waals surface area contributed by atoms with Crippen LogP contribution in [-0.4, -0.2) is 11.6 Å². The second-order valence-corrected chi connectivity index (χ2v) is 4.66. The van der Waals surface area contributed by atoms with Crippen molar-refractivity contribution in [3.63, 3.8) is 0 Å². The van der Waals surface area contributed by atoms with E-state index in [0.717, 1.165) is 5.56 Å². The third-order valence-corrected chi connectivity index (χ3v) is 3.50. The van der Waals surface area contributed by atoms with Crippen LogP contribution < -0.4 is 0 Å². The molecule has 0 aromatic heterocycles. The van der Waals surface area contributed by atoms with Crippen LogP contribution in [0.1, 0.15) is 11.5 Å².